The van der Waals surface area contributed by atoms with E-state index >= 15 is 0 Å². The number of nitrogens with two attached hydrogens (primary N) is 1. The monoisotopic (exact) mass is 282 g/mol. The van der Waals surface area contributed by atoms with Gasteiger partial charge in [0, 0.05) is 10.0 Å². The predicted octanol–water partition coefficient (Wildman–Crippen LogP) is 2.41. The fourth-order valence-corrected chi connectivity index (χ4v) is 2.69. The van der Waals surface area contributed by atoms with Gasteiger partial charge in [0.05, 0.1) is 0 Å². The second-order valence-electron chi connectivity index (χ2n) is 4.93. The van der Waals surface area contributed by atoms with Gasteiger partial charge in [0.25, 0.3) is 0 Å². The molecule has 1 fully saturated rings. The maximum Gasteiger partial charge on any atom is 0.0219 e. The van der Waals surface area contributed by atoms with E-state index in [1.165, 1.54) is 10.0 Å². The minimum absolute atomic E-state index is 0.0175. The summed E-state index contributed by atoms with van der Waals surface area (Å²) < 4.78 is 1.18. The number of nitrogens with zero attached hydrogens (tertiary/aromatic N) is 1. The van der Waals surface area contributed by atoms with Crippen molar-refractivity contribution < 1.29 is 0 Å². The van der Waals surface area contributed by atoms with Gasteiger partial charge in [0.2, 0.25) is 0 Å². The first-order chi connectivity index (χ1) is 7.59. The minimum atomic E-state index is -0.0175. The van der Waals surface area contributed by atoms with Gasteiger partial charge >= 0.3 is 0 Å². The van der Waals surface area contributed by atoms with E-state index in [2.05, 4.69) is 46.1 Å². The van der Waals surface area contributed by atoms with Crippen LogP contribution in [0.1, 0.15) is 18.4 Å². The lowest BCUT2D eigenvalue weighted by molar-refractivity contribution is 0.190. The molecule has 2 rings (SSSR count). The maximum absolute atomic E-state index is 6.47. The van der Waals surface area contributed by atoms with Gasteiger partial charge in [0.15, 0.2) is 0 Å². The maximum atomic E-state index is 6.47. The van der Waals surface area contributed by atoms with Gasteiger partial charge in [-0.25, -0.2) is 0 Å². The molecule has 0 spiro atoms. The van der Waals surface area contributed by atoms with Crippen molar-refractivity contribution in [3.05, 3.63) is 34.3 Å². The van der Waals surface area contributed by atoms with Crippen LogP contribution in [0, 0.1) is 0 Å². The van der Waals surface area contributed by atoms with Crippen LogP contribution >= 0.6 is 15.9 Å². The third-order valence-corrected chi connectivity index (χ3v) is 4.26. The Labute approximate surface area is 106 Å². The SMILES string of the molecule is CN1CCC(N)(Cc2ccccc2Br)CC1. The third kappa shape index (κ3) is 2.84. The number of hydrogen-bond acceptors (Lipinski definition) is 2. The van der Waals surface area contributed by atoms with Crippen LogP contribution in [-0.4, -0.2) is 30.6 Å². The molecule has 1 aromatic rings. The van der Waals surface area contributed by atoms with Crippen LogP contribution in [0.3, 0.4) is 0 Å². The summed E-state index contributed by atoms with van der Waals surface area (Å²) in [4.78, 5) is 2.35. The summed E-state index contributed by atoms with van der Waals surface area (Å²) in [5.74, 6) is 0. The first-order valence-electron chi connectivity index (χ1n) is 5.80. The van der Waals surface area contributed by atoms with E-state index in [0.29, 0.717) is 0 Å². The quantitative estimate of drug-likeness (QED) is 0.903. The van der Waals surface area contributed by atoms with E-state index in [1.54, 1.807) is 0 Å². The van der Waals surface area contributed by atoms with E-state index < -0.39 is 0 Å². The second-order valence-corrected chi connectivity index (χ2v) is 5.79. The van der Waals surface area contributed by atoms with Gasteiger partial charge in [-0.3, -0.25) is 0 Å². The van der Waals surface area contributed by atoms with Crippen molar-refractivity contribution >= 4 is 15.9 Å². The van der Waals surface area contributed by atoms with E-state index in [-0.39, 0.29) is 5.54 Å². The van der Waals surface area contributed by atoms with Crippen molar-refractivity contribution in [3.63, 3.8) is 0 Å². The molecule has 0 saturated carbocycles. The Morgan fingerprint density at radius 3 is 2.56 bits per heavy atom. The molecule has 0 unspecified atom stereocenters. The zero-order chi connectivity index (χ0) is 11.6. The van der Waals surface area contributed by atoms with E-state index in [4.69, 9.17) is 5.73 Å². The molecule has 3 heteroatoms. The van der Waals surface area contributed by atoms with E-state index in [0.717, 1.165) is 32.4 Å². The average molecular weight is 283 g/mol. The number of hydrogen-bond donors (Lipinski definition) is 1. The molecule has 0 aromatic heterocycles. The summed E-state index contributed by atoms with van der Waals surface area (Å²) >= 11 is 3.59. The first-order valence-corrected chi connectivity index (χ1v) is 6.59. The van der Waals surface area contributed by atoms with E-state index in [9.17, 15) is 0 Å². The second kappa shape index (κ2) is 4.86. The Hall–Kier alpha value is -0.380. The van der Waals surface area contributed by atoms with Crippen molar-refractivity contribution in [2.75, 3.05) is 20.1 Å². The number of rotatable bonds is 2. The fraction of sp³-hybridized carbons (Fsp3) is 0.538. The Bertz CT molecular complexity index is 357. The molecule has 0 bridgehead atoms. The summed E-state index contributed by atoms with van der Waals surface area (Å²) in [5.41, 5.74) is 7.79. The highest BCUT2D eigenvalue weighted by Gasteiger charge is 2.29. The van der Waals surface area contributed by atoms with Gasteiger partial charge < -0.3 is 10.6 Å². The molecule has 0 aliphatic carbocycles. The Morgan fingerprint density at radius 2 is 1.94 bits per heavy atom. The number of likely N-dealkylation sites (tertiary alicyclic amines) is 1. The number of halogens is 1. The lowest BCUT2D eigenvalue weighted by Gasteiger charge is -2.38. The molecule has 2 N–H and O–H groups in total. The van der Waals surface area contributed by atoms with Crippen molar-refractivity contribution in [1.29, 1.82) is 0 Å². The Kier molecular flexibility index (Phi) is 3.67. The topological polar surface area (TPSA) is 29.3 Å². The zero-order valence-corrected chi connectivity index (χ0v) is 11.3. The normalized spacial score (nSPS) is 20.9. The zero-order valence-electron chi connectivity index (χ0n) is 9.75. The largest absolute Gasteiger partial charge is 0.325 e. The van der Waals surface area contributed by atoms with Gasteiger partial charge in [-0.1, -0.05) is 34.1 Å². The molecule has 1 aromatic carbocycles. The van der Waals surface area contributed by atoms with Crippen LogP contribution in [0.25, 0.3) is 0 Å². The Morgan fingerprint density at radius 1 is 1.31 bits per heavy atom. The summed E-state index contributed by atoms with van der Waals surface area (Å²) in [7, 11) is 2.16. The van der Waals surface area contributed by atoms with Crippen LogP contribution in [0.4, 0.5) is 0 Å². The smallest absolute Gasteiger partial charge is 0.0219 e. The highest BCUT2D eigenvalue weighted by molar-refractivity contribution is 9.10. The van der Waals surface area contributed by atoms with Crippen LogP contribution < -0.4 is 5.73 Å². The summed E-state index contributed by atoms with van der Waals surface area (Å²) in [6.45, 7) is 2.22. The van der Waals surface area contributed by atoms with Gasteiger partial charge in [-0.05, 0) is 51.0 Å². The standard InChI is InChI=1S/C13H19BrN2/c1-16-8-6-13(15,7-9-16)10-11-4-2-3-5-12(11)14/h2-5H,6-10,15H2,1H3. The molecule has 0 atom stereocenters. The Balaban J connectivity index is 2.07. The van der Waals surface area contributed by atoms with Crippen molar-refractivity contribution in [3.8, 4) is 0 Å². The molecular weight excluding hydrogens is 264 g/mol. The van der Waals surface area contributed by atoms with Crippen LogP contribution in [0.5, 0.6) is 0 Å². The summed E-state index contributed by atoms with van der Waals surface area (Å²) in [6, 6.07) is 8.38. The molecule has 88 valence electrons. The first kappa shape index (κ1) is 12.1. The summed E-state index contributed by atoms with van der Waals surface area (Å²) in [5, 5.41) is 0. The molecule has 1 heterocycles. The highest BCUT2D eigenvalue weighted by atomic mass is 79.9. The molecule has 1 aliphatic heterocycles. The van der Waals surface area contributed by atoms with Crippen molar-refractivity contribution in [2.45, 2.75) is 24.8 Å². The molecule has 0 amide bonds. The fourth-order valence-electron chi connectivity index (χ4n) is 2.26. The highest BCUT2D eigenvalue weighted by Crippen LogP contribution is 2.26. The molecule has 16 heavy (non-hydrogen) atoms. The molecular formula is C13H19BrN2. The predicted molar refractivity (Wildman–Crippen MR) is 71.5 cm³/mol. The average Bonchev–Trinajstić information content (AvgIpc) is 2.27. The lowest BCUT2D eigenvalue weighted by Crippen LogP contribution is -2.50. The molecule has 1 saturated heterocycles. The number of benzene rings is 1. The third-order valence-electron chi connectivity index (χ3n) is 3.48. The van der Waals surface area contributed by atoms with Crippen molar-refractivity contribution in [1.82, 2.24) is 4.90 Å². The molecule has 1 aliphatic rings. The van der Waals surface area contributed by atoms with Crippen LogP contribution in [0.2, 0.25) is 0 Å². The lowest BCUT2D eigenvalue weighted by atomic mass is 9.83. The number of piperidine rings is 1. The van der Waals surface area contributed by atoms with Crippen LogP contribution in [-0.2, 0) is 6.42 Å². The molecule has 2 nitrogen and oxygen atoms in total. The van der Waals surface area contributed by atoms with Gasteiger partial charge in [0.1, 0.15) is 0 Å². The summed E-state index contributed by atoms with van der Waals surface area (Å²) in [6.07, 6.45) is 3.15. The van der Waals surface area contributed by atoms with E-state index in [1.807, 2.05) is 6.07 Å². The van der Waals surface area contributed by atoms with Crippen LogP contribution in [0.15, 0.2) is 28.7 Å². The van der Waals surface area contributed by atoms with Gasteiger partial charge in [-0.2, -0.15) is 0 Å². The molecule has 0 radical (unpaired) electrons. The minimum Gasteiger partial charge on any atom is -0.325 e. The van der Waals surface area contributed by atoms with Crippen molar-refractivity contribution in [2.24, 2.45) is 5.73 Å². The van der Waals surface area contributed by atoms with Gasteiger partial charge in [-0.15, -0.1) is 0 Å².